The molecular weight excluding hydrogens is 473 g/mol. The number of halogens is 2. The predicted octanol–water partition coefficient (Wildman–Crippen LogP) is 4.67. The van der Waals surface area contributed by atoms with Crippen molar-refractivity contribution >= 4 is 29.3 Å². The van der Waals surface area contributed by atoms with E-state index in [0.29, 0.717) is 35.2 Å². The Kier molecular flexibility index (Phi) is 7.91. The van der Waals surface area contributed by atoms with E-state index >= 15 is 0 Å². The van der Waals surface area contributed by atoms with Gasteiger partial charge in [0.05, 0.1) is 23.3 Å². The molecule has 0 radical (unpaired) electrons. The SMILES string of the molecule is O=C1OCC(CCN2CC(N3CCOCC3)C2)(c2ccc(Cl)c(Cl)c2)CN1CC1CCCCC1. The first-order chi connectivity index (χ1) is 16.5. The minimum absolute atomic E-state index is 0.169. The summed E-state index contributed by atoms with van der Waals surface area (Å²) < 4.78 is 11.3. The molecule has 188 valence electrons. The molecule has 1 unspecified atom stereocenters. The Bertz CT molecular complexity index is 854. The lowest BCUT2D eigenvalue weighted by molar-refractivity contribution is -0.0377. The van der Waals surface area contributed by atoms with E-state index < -0.39 is 0 Å². The second-order valence-corrected chi connectivity index (χ2v) is 11.5. The molecule has 1 aromatic rings. The highest BCUT2D eigenvalue weighted by atomic mass is 35.5. The summed E-state index contributed by atoms with van der Waals surface area (Å²) >= 11 is 12.7. The molecule has 0 N–H and O–H groups in total. The zero-order valence-corrected chi connectivity index (χ0v) is 21.5. The van der Waals surface area contributed by atoms with Crippen molar-refractivity contribution in [3.8, 4) is 0 Å². The third-order valence-electron chi connectivity index (χ3n) is 8.37. The largest absolute Gasteiger partial charge is 0.448 e. The van der Waals surface area contributed by atoms with Crippen molar-refractivity contribution in [1.82, 2.24) is 14.7 Å². The zero-order chi connectivity index (χ0) is 23.5. The van der Waals surface area contributed by atoms with Gasteiger partial charge < -0.3 is 19.3 Å². The first kappa shape index (κ1) is 24.6. The van der Waals surface area contributed by atoms with Crippen molar-refractivity contribution in [2.24, 2.45) is 5.92 Å². The molecule has 1 saturated carbocycles. The number of rotatable bonds is 7. The maximum Gasteiger partial charge on any atom is 0.409 e. The molecule has 8 heteroatoms. The Labute approximate surface area is 213 Å². The first-order valence-corrected chi connectivity index (χ1v) is 13.7. The highest BCUT2D eigenvalue weighted by molar-refractivity contribution is 6.42. The van der Waals surface area contributed by atoms with Gasteiger partial charge in [0.2, 0.25) is 0 Å². The van der Waals surface area contributed by atoms with Crippen LogP contribution in [0, 0.1) is 5.92 Å². The molecule has 1 aromatic carbocycles. The number of morpholine rings is 1. The van der Waals surface area contributed by atoms with Crippen molar-refractivity contribution < 1.29 is 14.3 Å². The Balaban J connectivity index is 1.27. The molecule has 0 spiro atoms. The van der Waals surface area contributed by atoms with E-state index in [2.05, 4.69) is 15.9 Å². The highest BCUT2D eigenvalue weighted by Gasteiger charge is 2.43. The molecule has 3 saturated heterocycles. The van der Waals surface area contributed by atoms with Gasteiger partial charge in [-0.25, -0.2) is 4.79 Å². The van der Waals surface area contributed by atoms with Crippen LogP contribution >= 0.6 is 23.2 Å². The highest BCUT2D eigenvalue weighted by Crippen LogP contribution is 2.38. The topological polar surface area (TPSA) is 45.3 Å². The predicted molar refractivity (Wildman–Crippen MR) is 135 cm³/mol. The van der Waals surface area contributed by atoms with Crippen LogP contribution in [0.3, 0.4) is 0 Å². The number of hydrogen-bond donors (Lipinski definition) is 0. The molecule has 3 aliphatic heterocycles. The van der Waals surface area contributed by atoms with Crippen molar-refractivity contribution in [2.75, 3.05) is 65.6 Å². The number of carbonyl (C=O) groups is 1. The molecule has 4 fully saturated rings. The molecule has 0 bridgehead atoms. The van der Waals surface area contributed by atoms with Crippen molar-refractivity contribution in [3.63, 3.8) is 0 Å². The fraction of sp³-hybridized carbons (Fsp3) is 0.731. The second kappa shape index (κ2) is 10.9. The molecule has 1 amide bonds. The summed E-state index contributed by atoms with van der Waals surface area (Å²) in [4.78, 5) is 19.8. The fourth-order valence-electron chi connectivity index (χ4n) is 6.15. The van der Waals surface area contributed by atoms with Gasteiger partial charge in [0, 0.05) is 50.7 Å². The lowest BCUT2D eigenvalue weighted by Crippen LogP contribution is -2.62. The van der Waals surface area contributed by atoms with Crippen LogP contribution in [0.5, 0.6) is 0 Å². The average molecular weight is 511 g/mol. The molecule has 3 heterocycles. The summed E-state index contributed by atoms with van der Waals surface area (Å²) in [5, 5.41) is 1.12. The van der Waals surface area contributed by atoms with E-state index in [1.807, 2.05) is 17.0 Å². The van der Waals surface area contributed by atoms with E-state index in [4.69, 9.17) is 32.7 Å². The van der Waals surface area contributed by atoms with Crippen LogP contribution in [-0.2, 0) is 14.9 Å². The maximum absolute atomic E-state index is 12.8. The summed E-state index contributed by atoms with van der Waals surface area (Å²) in [5.41, 5.74) is 0.842. The van der Waals surface area contributed by atoms with Crippen LogP contribution in [0.1, 0.15) is 44.1 Å². The number of cyclic esters (lactones) is 1. The third-order valence-corrected chi connectivity index (χ3v) is 9.10. The summed E-state index contributed by atoms with van der Waals surface area (Å²) in [7, 11) is 0. The van der Waals surface area contributed by atoms with E-state index in [1.165, 1.54) is 32.1 Å². The third kappa shape index (κ3) is 5.52. The number of likely N-dealkylation sites (tertiary alicyclic amines) is 1. The Morgan fingerprint density at radius 3 is 2.53 bits per heavy atom. The Morgan fingerprint density at radius 1 is 1.03 bits per heavy atom. The van der Waals surface area contributed by atoms with Gasteiger partial charge in [-0.15, -0.1) is 0 Å². The fourth-order valence-corrected chi connectivity index (χ4v) is 6.45. The summed E-state index contributed by atoms with van der Waals surface area (Å²) in [6.07, 6.45) is 7.03. The Hall–Kier alpha value is -1.05. The van der Waals surface area contributed by atoms with Crippen molar-refractivity contribution in [1.29, 1.82) is 0 Å². The van der Waals surface area contributed by atoms with Crippen LogP contribution < -0.4 is 0 Å². The quantitative estimate of drug-likeness (QED) is 0.534. The molecule has 5 rings (SSSR count). The maximum atomic E-state index is 12.8. The van der Waals surface area contributed by atoms with Crippen molar-refractivity contribution in [3.05, 3.63) is 33.8 Å². The number of carbonyl (C=O) groups excluding carboxylic acids is 1. The number of ether oxygens (including phenoxy) is 2. The van der Waals surface area contributed by atoms with E-state index in [9.17, 15) is 4.79 Å². The lowest BCUT2D eigenvalue weighted by Gasteiger charge is -2.49. The van der Waals surface area contributed by atoms with Crippen LogP contribution in [0.2, 0.25) is 10.0 Å². The average Bonchev–Trinajstić information content (AvgIpc) is 2.83. The minimum Gasteiger partial charge on any atom is -0.448 e. The number of benzene rings is 1. The van der Waals surface area contributed by atoms with Gasteiger partial charge in [-0.3, -0.25) is 4.90 Å². The Morgan fingerprint density at radius 2 is 1.79 bits per heavy atom. The number of amides is 1. The van der Waals surface area contributed by atoms with Crippen molar-refractivity contribution in [2.45, 2.75) is 50.0 Å². The van der Waals surface area contributed by atoms with Crippen LogP contribution in [-0.4, -0.2) is 92.5 Å². The van der Waals surface area contributed by atoms with Crippen LogP contribution in [0.15, 0.2) is 18.2 Å². The first-order valence-electron chi connectivity index (χ1n) is 12.9. The molecular formula is C26H37Cl2N3O3. The van der Waals surface area contributed by atoms with Gasteiger partial charge in [0.1, 0.15) is 6.61 Å². The number of hydrogen-bond acceptors (Lipinski definition) is 5. The zero-order valence-electron chi connectivity index (χ0n) is 20.0. The summed E-state index contributed by atoms with van der Waals surface area (Å²) in [5.74, 6) is 0.579. The summed E-state index contributed by atoms with van der Waals surface area (Å²) in [6, 6.07) is 6.56. The molecule has 6 nitrogen and oxygen atoms in total. The van der Waals surface area contributed by atoms with Crippen LogP contribution in [0.4, 0.5) is 4.79 Å². The van der Waals surface area contributed by atoms with Gasteiger partial charge in [-0.05, 0) is 49.4 Å². The van der Waals surface area contributed by atoms with Gasteiger partial charge in [0.15, 0.2) is 0 Å². The molecule has 1 atom stereocenters. The minimum atomic E-state index is -0.277. The van der Waals surface area contributed by atoms with E-state index in [1.54, 1.807) is 0 Å². The van der Waals surface area contributed by atoms with Gasteiger partial charge in [-0.2, -0.15) is 0 Å². The normalized spacial score (nSPS) is 28.1. The molecule has 0 aromatic heterocycles. The number of nitrogens with zero attached hydrogens (tertiary/aromatic N) is 3. The standard InChI is InChI=1S/C26H37Cl2N3O3/c27-23-7-6-21(14-24(23)28)26(8-9-29-16-22(17-29)30-10-12-33-13-11-30)18-31(25(32)34-19-26)15-20-4-2-1-3-5-20/h6-7,14,20,22H,1-5,8-13,15-19H2. The monoisotopic (exact) mass is 509 g/mol. The summed E-state index contributed by atoms with van der Waals surface area (Å²) in [6.45, 7) is 8.83. The van der Waals surface area contributed by atoms with E-state index in [-0.39, 0.29) is 11.5 Å². The second-order valence-electron chi connectivity index (χ2n) is 10.7. The smallest absolute Gasteiger partial charge is 0.409 e. The molecule has 4 aliphatic rings. The van der Waals surface area contributed by atoms with Gasteiger partial charge in [-0.1, -0.05) is 48.5 Å². The lowest BCUT2D eigenvalue weighted by atomic mass is 9.76. The van der Waals surface area contributed by atoms with Crippen LogP contribution in [0.25, 0.3) is 0 Å². The van der Waals surface area contributed by atoms with E-state index in [0.717, 1.165) is 64.5 Å². The van der Waals surface area contributed by atoms with Gasteiger partial charge >= 0.3 is 6.09 Å². The van der Waals surface area contributed by atoms with Gasteiger partial charge in [0.25, 0.3) is 0 Å². The molecule has 34 heavy (non-hydrogen) atoms. The molecule has 1 aliphatic carbocycles.